The van der Waals surface area contributed by atoms with Crippen molar-refractivity contribution in [1.82, 2.24) is 5.32 Å². The lowest BCUT2D eigenvalue weighted by Crippen LogP contribution is -2.40. The second-order valence-electron chi connectivity index (χ2n) is 2.15. The highest BCUT2D eigenvalue weighted by Gasteiger charge is 2.09. The Hall–Kier alpha value is -1.06. The summed E-state index contributed by atoms with van der Waals surface area (Å²) in [6.07, 6.45) is 0.791. The fourth-order valence-corrected chi connectivity index (χ4v) is 0.397. The van der Waals surface area contributed by atoms with Gasteiger partial charge in [-0.15, -0.1) is 0 Å². The molecule has 4 nitrogen and oxygen atoms in total. The van der Waals surface area contributed by atoms with Gasteiger partial charge in [0.15, 0.2) is 0 Å². The first kappa shape index (κ1) is 8.94. The predicted octanol–water partition coefficient (Wildman–Crippen LogP) is -0.614. The van der Waals surface area contributed by atoms with Crippen LogP contribution in [0.15, 0.2) is 0 Å². The number of carbonyl (C=O) groups is 2. The van der Waals surface area contributed by atoms with Gasteiger partial charge < -0.3 is 11.1 Å². The molecule has 0 aromatic heterocycles. The van der Waals surface area contributed by atoms with Crippen molar-refractivity contribution in [3.8, 4) is 0 Å². The summed E-state index contributed by atoms with van der Waals surface area (Å²) in [7, 11) is 0. The van der Waals surface area contributed by atoms with Gasteiger partial charge in [0.1, 0.15) is 0 Å². The first-order chi connectivity index (χ1) is 4.57. The van der Waals surface area contributed by atoms with Crippen molar-refractivity contribution in [1.29, 1.82) is 0 Å². The topological polar surface area (TPSA) is 72.2 Å². The highest BCUT2D eigenvalue weighted by Crippen LogP contribution is 1.85. The quantitative estimate of drug-likeness (QED) is 0.507. The van der Waals surface area contributed by atoms with Crippen LogP contribution in [-0.4, -0.2) is 17.9 Å². The Morgan fingerprint density at radius 2 is 2.10 bits per heavy atom. The van der Waals surface area contributed by atoms with Gasteiger partial charge in [0.2, 0.25) is 0 Å². The summed E-state index contributed by atoms with van der Waals surface area (Å²) >= 11 is 0. The molecule has 0 fully saturated rings. The first-order valence-corrected chi connectivity index (χ1v) is 3.18. The number of carbonyl (C=O) groups excluding carboxylic acids is 2. The van der Waals surface area contributed by atoms with E-state index in [0.717, 1.165) is 6.42 Å². The number of hydrogen-bond donors (Lipinski definition) is 2. The monoisotopic (exact) mass is 144 g/mol. The van der Waals surface area contributed by atoms with E-state index in [2.05, 4.69) is 11.1 Å². The summed E-state index contributed by atoms with van der Waals surface area (Å²) in [4.78, 5) is 20.7. The second kappa shape index (κ2) is 3.87. The Bertz CT molecular complexity index is 145. The summed E-state index contributed by atoms with van der Waals surface area (Å²) in [5.74, 6) is -1.64. The van der Waals surface area contributed by atoms with E-state index in [-0.39, 0.29) is 6.04 Å². The van der Waals surface area contributed by atoms with Crippen molar-refractivity contribution in [3.05, 3.63) is 0 Å². The van der Waals surface area contributed by atoms with Crippen molar-refractivity contribution < 1.29 is 9.59 Å². The van der Waals surface area contributed by atoms with E-state index in [0.29, 0.717) is 0 Å². The summed E-state index contributed by atoms with van der Waals surface area (Å²) in [6.45, 7) is 3.72. The maximum Gasteiger partial charge on any atom is 0.309 e. The Morgan fingerprint density at radius 1 is 1.60 bits per heavy atom. The van der Waals surface area contributed by atoms with Gasteiger partial charge in [-0.05, 0) is 13.3 Å². The normalized spacial score (nSPS) is 12.2. The third-order valence-corrected chi connectivity index (χ3v) is 1.21. The number of rotatable bonds is 2. The number of nitrogens with two attached hydrogens (primary N) is 1. The summed E-state index contributed by atoms with van der Waals surface area (Å²) < 4.78 is 0. The zero-order chi connectivity index (χ0) is 8.15. The smallest absolute Gasteiger partial charge is 0.309 e. The van der Waals surface area contributed by atoms with Gasteiger partial charge in [-0.3, -0.25) is 9.59 Å². The molecule has 0 aliphatic heterocycles. The minimum Gasteiger partial charge on any atom is -0.361 e. The molecule has 2 amide bonds. The highest BCUT2D eigenvalue weighted by molar-refractivity contribution is 6.34. The number of amides is 2. The largest absolute Gasteiger partial charge is 0.361 e. The van der Waals surface area contributed by atoms with Crippen LogP contribution < -0.4 is 11.1 Å². The van der Waals surface area contributed by atoms with Crippen molar-refractivity contribution in [2.24, 2.45) is 5.73 Å². The number of nitrogens with one attached hydrogen (secondary N) is 1. The second-order valence-corrected chi connectivity index (χ2v) is 2.15. The van der Waals surface area contributed by atoms with E-state index in [1.54, 1.807) is 6.92 Å². The third-order valence-electron chi connectivity index (χ3n) is 1.21. The summed E-state index contributed by atoms with van der Waals surface area (Å²) in [6, 6.07) is 0.0139. The Kier molecular flexibility index (Phi) is 3.46. The maximum absolute atomic E-state index is 10.5. The molecule has 1 atom stereocenters. The van der Waals surface area contributed by atoms with Crippen LogP contribution in [0.5, 0.6) is 0 Å². The van der Waals surface area contributed by atoms with Crippen LogP contribution in [0, 0.1) is 0 Å². The SMILES string of the molecule is CC[C@H](C)NC(=O)C(N)=O. The van der Waals surface area contributed by atoms with Crippen LogP contribution in [0.4, 0.5) is 0 Å². The Labute approximate surface area is 59.8 Å². The van der Waals surface area contributed by atoms with Gasteiger partial charge in [-0.25, -0.2) is 0 Å². The summed E-state index contributed by atoms with van der Waals surface area (Å²) in [5, 5.41) is 2.42. The van der Waals surface area contributed by atoms with Gasteiger partial charge in [-0.2, -0.15) is 0 Å². The van der Waals surface area contributed by atoms with Crippen molar-refractivity contribution >= 4 is 11.8 Å². The van der Waals surface area contributed by atoms with E-state index in [1.165, 1.54) is 0 Å². The molecule has 0 saturated carbocycles. The van der Waals surface area contributed by atoms with Crippen LogP contribution in [0.2, 0.25) is 0 Å². The van der Waals surface area contributed by atoms with Crippen LogP contribution in [0.25, 0.3) is 0 Å². The molecule has 0 heterocycles. The molecule has 0 aromatic carbocycles. The van der Waals surface area contributed by atoms with Crippen molar-refractivity contribution in [2.45, 2.75) is 26.3 Å². The van der Waals surface area contributed by atoms with Crippen LogP contribution in [-0.2, 0) is 9.59 Å². The average Bonchev–Trinajstić information content (AvgIpc) is 1.87. The molecule has 0 unspecified atom stereocenters. The van der Waals surface area contributed by atoms with Crippen LogP contribution >= 0.6 is 0 Å². The minimum absolute atomic E-state index is 0.0139. The molecule has 4 heteroatoms. The van der Waals surface area contributed by atoms with Crippen LogP contribution in [0.1, 0.15) is 20.3 Å². The van der Waals surface area contributed by atoms with E-state index in [4.69, 9.17) is 0 Å². The standard InChI is InChI=1S/C6H12N2O2/c1-3-4(2)8-6(10)5(7)9/h4H,3H2,1-2H3,(H2,7,9)(H,8,10)/t4-/m0/s1. The predicted molar refractivity (Wildman–Crippen MR) is 37.1 cm³/mol. The van der Waals surface area contributed by atoms with Gasteiger partial charge in [0, 0.05) is 6.04 Å². The number of hydrogen-bond acceptors (Lipinski definition) is 2. The molecule has 0 radical (unpaired) electrons. The molecule has 58 valence electrons. The fourth-order valence-electron chi connectivity index (χ4n) is 0.397. The number of primary amides is 1. The molecule has 0 aliphatic rings. The molecule has 0 rings (SSSR count). The molecule has 10 heavy (non-hydrogen) atoms. The first-order valence-electron chi connectivity index (χ1n) is 3.18. The van der Waals surface area contributed by atoms with Gasteiger partial charge >= 0.3 is 11.8 Å². The van der Waals surface area contributed by atoms with Crippen molar-refractivity contribution in [3.63, 3.8) is 0 Å². The lowest BCUT2D eigenvalue weighted by Gasteiger charge is -2.07. The van der Waals surface area contributed by atoms with E-state index < -0.39 is 11.8 Å². The Morgan fingerprint density at radius 3 is 2.40 bits per heavy atom. The van der Waals surface area contributed by atoms with Crippen LogP contribution in [0.3, 0.4) is 0 Å². The molecule has 0 saturated heterocycles. The molecule has 3 N–H and O–H groups in total. The third kappa shape index (κ3) is 3.06. The molecule has 0 aliphatic carbocycles. The fraction of sp³-hybridized carbons (Fsp3) is 0.667. The summed E-state index contributed by atoms with van der Waals surface area (Å²) in [5.41, 5.74) is 4.69. The van der Waals surface area contributed by atoms with E-state index in [9.17, 15) is 9.59 Å². The van der Waals surface area contributed by atoms with E-state index >= 15 is 0 Å². The van der Waals surface area contributed by atoms with Crippen molar-refractivity contribution in [2.75, 3.05) is 0 Å². The highest BCUT2D eigenvalue weighted by atomic mass is 16.2. The van der Waals surface area contributed by atoms with E-state index in [1.807, 2.05) is 6.92 Å². The lowest BCUT2D eigenvalue weighted by atomic mass is 10.2. The van der Waals surface area contributed by atoms with Gasteiger partial charge in [0.05, 0.1) is 0 Å². The lowest BCUT2D eigenvalue weighted by molar-refractivity contribution is -0.137. The minimum atomic E-state index is -0.930. The average molecular weight is 144 g/mol. The molecular weight excluding hydrogens is 132 g/mol. The van der Waals surface area contributed by atoms with Gasteiger partial charge in [-0.1, -0.05) is 6.92 Å². The maximum atomic E-state index is 10.5. The molecule has 0 bridgehead atoms. The molecule has 0 aromatic rings. The molecule has 0 spiro atoms. The molecular formula is C6H12N2O2. The zero-order valence-electron chi connectivity index (χ0n) is 6.18. The Balaban J connectivity index is 3.68. The van der Waals surface area contributed by atoms with Gasteiger partial charge in [0.25, 0.3) is 0 Å². The zero-order valence-corrected chi connectivity index (χ0v) is 6.18.